The zero-order valence-electron chi connectivity index (χ0n) is 14.4. The first-order valence-corrected chi connectivity index (χ1v) is 9.63. The quantitative estimate of drug-likeness (QED) is 0.302. The van der Waals surface area contributed by atoms with Gasteiger partial charge in [0.05, 0.1) is 0 Å². The molecule has 1 rings (SSSR count). The minimum atomic E-state index is 0.0745. The predicted molar refractivity (Wildman–Crippen MR) is 103 cm³/mol. The second-order valence-corrected chi connectivity index (χ2v) is 8.04. The third kappa shape index (κ3) is 7.50. The Morgan fingerprint density at radius 2 is 1.96 bits per heavy atom. The molecule has 1 heterocycles. The third-order valence-electron chi connectivity index (χ3n) is 4.71. The maximum atomic E-state index is 11.5. The van der Waals surface area contributed by atoms with E-state index >= 15 is 0 Å². The van der Waals surface area contributed by atoms with Crippen LogP contribution in [0.3, 0.4) is 0 Å². The summed E-state index contributed by atoms with van der Waals surface area (Å²) >= 11 is 8.63. The average Bonchev–Trinajstić information content (AvgIpc) is 3.04. The van der Waals surface area contributed by atoms with Crippen LogP contribution in [0.4, 0.5) is 0 Å². The number of likely N-dealkylation sites (tertiary alicyclic amines) is 1. The monoisotopic (exact) mass is 360 g/mol. The lowest BCUT2D eigenvalue weighted by Gasteiger charge is -2.27. The lowest BCUT2D eigenvalue weighted by molar-refractivity contribution is -0.116. The molecular weight excluding hydrogens is 328 g/mol. The number of aliphatic hydroxyl groups excluding tert-OH is 1. The largest absolute Gasteiger partial charge is 0.396 e. The number of allylic oxidation sites excluding steroid dienone is 1. The molecule has 0 aromatic heterocycles. The number of aliphatic hydroxyl groups is 1. The van der Waals surface area contributed by atoms with Crippen LogP contribution in [0.15, 0.2) is 11.3 Å². The van der Waals surface area contributed by atoms with Gasteiger partial charge in [-0.15, -0.1) is 0 Å². The first-order chi connectivity index (χ1) is 11.0. The van der Waals surface area contributed by atoms with E-state index in [1.165, 1.54) is 18.4 Å². The smallest absolute Gasteiger partial charge is 0.213 e. The van der Waals surface area contributed by atoms with Crippen LogP contribution in [0.1, 0.15) is 46.0 Å². The van der Waals surface area contributed by atoms with Gasteiger partial charge in [0, 0.05) is 30.0 Å². The SMILES string of the molecule is CC(=C(CCO)C(C)CCC(S)S)N(C=O)CCN1CCCC1. The summed E-state index contributed by atoms with van der Waals surface area (Å²) in [5.41, 5.74) is 2.17. The molecule has 1 atom stereocenters. The predicted octanol–water partition coefficient (Wildman–Crippen LogP) is 2.80. The molecule has 0 aromatic rings. The Hall–Kier alpha value is -0.170. The van der Waals surface area contributed by atoms with Gasteiger partial charge in [-0.1, -0.05) is 6.92 Å². The van der Waals surface area contributed by atoms with Crippen LogP contribution in [0.5, 0.6) is 0 Å². The minimum absolute atomic E-state index is 0.0745. The van der Waals surface area contributed by atoms with Gasteiger partial charge in [0.1, 0.15) is 0 Å². The van der Waals surface area contributed by atoms with Crippen molar-refractivity contribution in [3.8, 4) is 0 Å². The van der Waals surface area contributed by atoms with Crippen molar-refractivity contribution in [1.29, 1.82) is 0 Å². The van der Waals surface area contributed by atoms with Gasteiger partial charge in [-0.2, -0.15) is 25.3 Å². The summed E-state index contributed by atoms with van der Waals surface area (Å²) in [6, 6.07) is 0. The van der Waals surface area contributed by atoms with Crippen LogP contribution in [0.2, 0.25) is 0 Å². The van der Waals surface area contributed by atoms with Gasteiger partial charge in [0.2, 0.25) is 6.41 Å². The van der Waals surface area contributed by atoms with Crippen LogP contribution in [-0.4, -0.2) is 58.7 Å². The van der Waals surface area contributed by atoms with Gasteiger partial charge in [-0.25, -0.2) is 0 Å². The molecule has 0 radical (unpaired) electrons. The molecule has 1 saturated heterocycles. The Morgan fingerprint density at radius 1 is 1.30 bits per heavy atom. The molecule has 1 aliphatic heterocycles. The van der Waals surface area contributed by atoms with Crippen molar-refractivity contribution in [2.45, 2.75) is 50.5 Å². The Morgan fingerprint density at radius 3 is 2.48 bits per heavy atom. The number of nitrogens with zero attached hydrogens (tertiary/aromatic N) is 2. The molecule has 1 amide bonds. The van der Waals surface area contributed by atoms with Crippen molar-refractivity contribution < 1.29 is 9.90 Å². The molecule has 6 heteroatoms. The maximum Gasteiger partial charge on any atom is 0.213 e. The molecule has 1 aliphatic rings. The van der Waals surface area contributed by atoms with Crippen LogP contribution in [0.25, 0.3) is 0 Å². The fraction of sp³-hybridized carbons (Fsp3) is 0.824. The van der Waals surface area contributed by atoms with Crippen LogP contribution >= 0.6 is 25.3 Å². The highest BCUT2D eigenvalue weighted by molar-refractivity contribution is 7.99. The van der Waals surface area contributed by atoms with Crippen molar-refractivity contribution in [2.75, 3.05) is 32.8 Å². The first-order valence-electron chi connectivity index (χ1n) is 8.60. The van der Waals surface area contributed by atoms with Crippen molar-refractivity contribution >= 4 is 31.7 Å². The lowest BCUT2D eigenvalue weighted by Crippen LogP contribution is -2.33. The van der Waals surface area contributed by atoms with Crippen molar-refractivity contribution in [2.24, 2.45) is 5.92 Å². The molecule has 0 spiro atoms. The van der Waals surface area contributed by atoms with Crippen LogP contribution in [-0.2, 0) is 4.79 Å². The highest BCUT2D eigenvalue weighted by atomic mass is 32.2. The van der Waals surface area contributed by atoms with E-state index in [0.29, 0.717) is 12.3 Å². The van der Waals surface area contributed by atoms with E-state index in [-0.39, 0.29) is 11.2 Å². The zero-order valence-corrected chi connectivity index (χ0v) is 16.2. The van der Waals surface area contributed by atoms with Gasteiger partial charge in [0.15, 0.2) is 0 Å². The van der Waals surface area contributed by atoms with Gasteiger partial charge in [0.25, 0.3) is 0 Å². The summed E-state index contributed by atoms with van der Waals surface area (Å²) in [5.74, 6) is 0.318. The van der Waals surface area contributed by atoms with E-state index in [1.807, 2.05) is 6.92 Å². The normalized spacial score (nSPS) is 18.2. The Balaban J connectivity index is 2.72. The van der Waals surface area contributed by atoms with Gasteiger partial charge < -0.3 is 14.9 Å². The van der Waals surface area contributed by atoms with Crippen LogP contribution in [0, 0.1) is 5.92 Å². The fourth-order valence-corrected chi connectivity index (χ4v) is 3.52. The molecule has 0 saturated carbocycles. The topological polar surface area (TPSA) is 43.8 Å². The Bertz CT molecular complexity index is 383. The van der Waals surface area contributed by atoms with E-state index < -0.39 is 0 Å². The minimum Gasteiger partial charge on any atom is -0.396 e. The number of carbonyl (C=O) groups is 1. The second-order valence-electron chi connectivity index (χ2n) is 6.39. The number of amides is 1. The summed E-state index contributed by atoms with van der Waals surface area (Å²) in [6.45, 7) is 8.19. The van der Waals surface area contributed by atoms with Crippen LogP contribution < -0.4 is 0 Å². The Labute approximate surface area is 152 Å². The molecule has 1 fully saturated rings. The van der Waals surface area contributed by atoms with E-state index in [4.69, 9.17) is 0 Å². The summed E-state index contributed by atoms with van der Waals surface area (Å²) in [7, 11) is 0. The molecule has 0 bridgehead atoms. The van der Waals surface area contributed by atoms with Gasteiger partial charge >= 0.3 is 0 Å². The van der Waals surface area contributed by atoms with Crippen molar-refractivity contribution in [1.82, 2.24) is 9.80 Å². The number of thiol groups is 2. The molecule has 0 aromatic carbocycles. The van der Waals surface area contributed by atoms with E-state index in [2.05, 4.69) is 37.1 Å². The van der Waals surface area contributed by atoms with Gasteiger partial charge in [-0.3, -0.25) is 4.79 Å². The zero-order chi connectivity index (χ0) is 17.2. The molecule has 23 heavy (non-hydrogen) atoms. The fourth-order valence-electron chi connectivity index (χ4n) is 3.22. The van der Waals surface area contributed by atoms with E-state index in [0.717, 1.165) is 51.1 Å². The summed E-state index contributed by atoms with van der Waals surface area (Å²) in [4.78, 5) is 15.7. The summed E-state index contributed by atoms with van der Waals surface area (Å²) in [6.07, 6.45) is 5.93. The Kier molecular flexibility index (Phi) is 10.3. The lowest BCUT2D eigenvalue weighted by atomic mass is 9.92. The second kappa shape index (κ2) is 11.4. The summed E-state index contributed by atoms with van der Waals surface area (Å²) in [5, 5.41) is 9.39. The molecule has 0 aliphatic carbocycles. The molecular formula is C17H32N2O2S2. The van der Waals surface area contributed by atoms with E-state index in [9.17, 15) is 9.90 Å². The number of hydrogen-bond donors (Lipinski definition) is 3. The highest BCUT2D eigenvalue weighted by Gasteiger charge is 2.18. The average molecular weight is 361 g/mol. The van der Waals surface area contributed by atoms with Crippen molar-refractivity contribution in [3.63, 3.8) is 0 Å². The number of carbonyl (C=O) groups excluding carboxylic acids is 1. The molecule has 1 unspecified atom stereocenters. The number of rotatable bonds is 11. The highest BCUT2D eigenvalue weighted by Crippen LogP contribution is 2.26. The first kappa shape index (κ1) is 20.9. The van der Waals surface area contributed by atoms with Gasteiger partial charge in [-0.05, 0) is 63.6 Å². The molecule has 4 nitrogen and oxygen atoms in total. The maximum absolute atomic E-state index is 11.5. The summed E-state index contributed by atoms with van der Waals surface area (Å²) < 4.78 is 0.0745. The molecule has 134 valence electrons. The van der Waals surface area contributed by atoms with Crippen molar-refractivity contribution in [3.05, 3.63) is 11.3 Å². The number of hydrogen-bond acceptors (Lipinski definition) is 5. The third-order valence-corrected chi connectivity index (χ3v) is 5.23. The van der Waals surface area contributed by atoms with E-state index in [1.54, 1.807) is 4.90 Å². The standard InChI is InChI=1S/C17H32N2O2S2/c1-14(5-6-17(22)23)16(7-12-20)15(2)19(13-21)11-10-18-8-3-4-9-18/h13-14,17,20,22-23H,3-12H2,1-2H3. The molecule has 1 N–H and O–H groups in total.